The molecule has 1 aromatic rings. The van der Waals surface area contributed by atoms with Crippen LogP contribution in [0.1, 0.15) is 38.2 Å². The van der Waals surface area contributed by atoms with Gasteiger partial charge in [-0.15, -0.1) is 0 Å². The SMILES string of the molecule is CC1(CNc2ccc(C#N)cc2[N+](=O)[O-])CCCC1. The molecule has 0 heterocycles. The number of rotatable bonds is 4. The second kappa shape index (κ2) is 5.27. The summed E-state index contributed by atoms with van der Waals surface area (Å²) in [4.78, 5) is 10.6. The minimum Gasteiger partial charge on any atom is -0.379 e. The van der Waals surface area contributed by atoms with E-state index in [0.717, 1.165) is 19.4 Å². The largest absolute Gasteiger partial charge is 0.379 e. The zero-order valence-electron chi connectivity index (χ0n) is 11.0. The Morgan fingerprint density at radius 1 is 1.47 bits per heavy atom. The van der Waals surface area contributed by atoms with Crippen LogP contribution in [0.3, 0.4) is 0 Å². The predicted octanol–water partition coefficient (Wildman–Crippen LogP) is 3.46. The molecule has 0 atom stereocenters. The van der Waals surface area contributed by atoms with Crippen LogP contribution < -0.4 is 5.32 Å². The number of hydrogen-bond acceptors (Lipinski definition) is 4. The summed E-state index contributed by atoms with van der Waals surface area (Å²) in [6.45, 7) is 2.95. The van der Waals surface area contributed by atoms with E-state index in [9.17, 15) is 10.1 Å². The molecule has 0 unspecified atom stereocenters. The fourth-order valence-corrected chi connectivity index (χ4v) is 2.62. The van der Waals surface area contributed by atoms with Gasteiger partial charge >= 0.3 is 0 Å². The molecule has 0 aromatic heterocycles. The van der Waals surface area contributed by atoms with Crippen molar-refractivity contribution in [2.45, 2.75) is 32.6 Å². The van der Waals surface area contributed by atoms with Crippen LogP contribution in [0, 0.1) is 26.9 Å². The topological polar surface area (TPSA) is 79.0 Å². The minimum absolute atomic E-state index is 0.0272. The summed E-state index contributed by atoms with van der Waals surface area (Å²) in [6, 6.07) is 6.46. The molecule has 1 saturated carbocycles. The van der Waals surface area contributed by atoms with Gasteiger partial charge in [-0.1, -0.05) is 19.8 Å². The van der Waals surface area contributed by atoms with Gasteiger partial charge in [0, 0.05) is 12.6 Å². The summed E-state index contributed by atoms with van der Waals surface area (Å²) >= 11 is 0. The normalized spacial score (nSPS) is 16.8. The van der Waals surface area contributed by atoms with Crippen LogP contribution in [-0.2, 0) is 0 Å². The summed E-state index contributed by atoms with van der Waals surface area (Å²) in [5.41, 5.74) is 1.00. The molecule has 5 nitrogen and oxygen atoms in total. The fraction of sp³-hybridized carbons (Fsp3) is 0.500. The smallest absolute Gasteiger partial charge is 0.293 e. The van der Waals surface area contributed by atoms with Gasteiger partial charge in [0.15, 0.2) is 0 Å². The standard InChI is InChI=1S/C14H17N3O2/c1-14(6-2-3-7-14)10-16-12-5-4-11(9-15)8-13(12)17(18)19/h4-5,8,16H,2-3,6-7,10H2,1H3. The second-order valence-corrected chi connectivity index (χ2v) is 5.47. The molecule has 1 N–H and O–H groups in total. The molecule has 1 fully saturated rings. The summed E-state index contributed by atoms with van der Waals surface area (Å²) in [7, 11) is 0. The molecule has 0 aliphatic heterocycles. The minimum atomic E-state index is -0.444. The van der Waals surface area contributed by atoms with E-state index < -0.39 is 4.92 Å². The maximum Gasteiger partial charge on any atom is 0.293 e. The highest BCUT2D eigenvalue weighted by molar-refractivity contribution is 5.64. The number of hydrogen-bond donors (Lipinski definition) is 1. The molecule has 0 bridgehead atoms. The lowest BCUT2D eigenvalue weighted by Crippen LogP contribution is -2.23. The Balaban J connectivity index is 2.16. The number of nitrogens with zero attached hydrogens (tertiary/aromatic N) is 2. The van der Waals surface area contributed by atoms with Crippen LogP contribution in [0.25, 0.3) is 0 Å². The van der Waals surface area contributed by atoms with Gasteiger partial charge in [0.1, 0.15) is 5.69 Å². The first kappa shape index (κ1) is 13.3. The maximum atomic E-state index is 11.0. The first-order chi connectivity index (χ1) is 9.04. The van der Waals surface area contributed by atoms with Crippen molar-refractivity contribution in [1.82, 2.24) is 0 Å². The molecule has 5 heteroatoms. The summed E-state index contributed by atoms with van der Waals surface area (Å²) < 4.78 is 0. The number of nitriles is 1. The van der Waals surface area contributed by atoms with Gasteiger partial charge in [0.25, 0.3) is 5.69 Å². The Morgan fingerprint density at radius 2 is 2.16 bits per heavy atom. The zero-order chi connectivity index (χ0) is 13.9. The van der Waals surface area contributed by atoms with E-state index >= 15 is 0 Å². The molecule has 1 aliphatic rings. The van der Waals surface area contributed by atoms with E-state index in [1.54, 1.807) is 12.1 Å². The molecule has 0 spiro atoms. The predicted molar refractivity (Wildman–Crippen MR) is 72.9 cm³/mol. The first-order valence-corrected chi connectivity index (χ1v) is 6.46. The van der Waals surface area contributed by atoms with Crippen LogP contribution in [0.5, 0.6) is 0 Å². The molecule has 100 valence electrons. The van der Waals surface area contributed by atoms with Crippen LogP contribution in [-0.4, -0.2) is 11.5 Å². The van der Waals surface area contributed by atoms with Crippen molar-refractivity contribution in [2.75, 3.05) is 11.9 Å². The van der Waals surface area contributed by atoms with Crippen molar-refractivity contribution in [3.05, 3.63) is 33.9 Å². The van der Waals surface area contributed by atoms with Crippen molar-refractivity contribution in [3.63, 3.8) is 0 Å². The van der Waals surface area contributed by atoms with Crippen LogP contribution in [0.15, 0.2) is 18.2 Å². The Labute approximate surface area is 112 Å². The van der Waals surface area contributed by atoms with E-state index in [-0.39, 0.29) is 11.1 Å². The molecule has 19 heavy (non-hydrogen) atoms. The van der Waals surface area contributed by atoms with Crippen molar-refractivity contribution < 1.29 is 4.92 Å². The Hall–Kier alpha value is -2.09. The first-order valence-electron chi connectivity index (χ1n) is 6.46. The van der Waals surface area contributed by atoms with E-state index in [1.807, 2.05) is 6.07 Å². The van der Waals surface area contributed by atoms with Gasteiger partial charge in [-0.2, -0.15) is 5.26 Å². The van der Waals surface area contributed by atoms with Crippen LogP contribution in [0.2, 0.25) is 0 Å². The van der Waals surface area contributed by atoms with E-state index in [1.165, 1.54) is 18.9 Å². The third-order valence-corrected chi connectivity index (χ3v) is 3.84. The van der Waals surface area contributed by atoms with Gasteiger partial charge in [0.2, 0.25) is 0 Å². The lowest BCUT2D eigenvalue weighted by molar-refractivity contribution is -0.384. The van der Waals surface area contributed by atoms with E-state index in [0.29, 0.717) is 11.3 Å². The van der Waals surface area contributed by atoms with Crippen LogP contribution >= 0.6 is 0 Å². The number of nitro benzene ring substituents is 1. The number of benzene rings is 1. The Morgan fingerprint density at radius 3 is 2.74 bits per heavy atom. The van der Waals surface area contributed by atoms with Gasteiger partial charge < -0.3 is 5.32 Å². The summed E-state index contributed by atoms with van der Waals surface area (Å²) in [5, 5.41) is 23.0. The van der Waals surface area contributed by atoms with Crippen molar-refractivity contribution in [2.24, 2.45) is 5.41 Å². The molecule has 0 radical (unpaired) electrons. The van der Waals surface area contributed by atoms with Gasteiger partial charge in [-0.05, 0) is 30.4 Å². The molecular formula is C14H17N3O2. The zero-order valence-corrected chi connectivity index (χ0v) is 11.0. The van der Waals surface area contributed by atoms with Crippen molar-refractivity contribution >= 4 is 11.4 Å². The second-order valence-electron chi connectivity index (χ2n) is 5.47. The van der Waals surface area contributed by atoms with E-state index in [4.69, 9.17) is 5.26 Å². The molecule has 1 aromatic carbocycles. The Kier molecular flexibility index (Phi) is 3.70. The van der Waals surface area contributed by atoms with Crippen molar-refractivity contribution in [3.8, 4) is 6.07 Å². The quantitative estimate of drug-likeness (QED) is 0.663. The molecular weight excluding hydrogens is 242 g/mol. The molecule has 0 amide bonds. The number of nitro groups is 1. The lowest BCUT2D eigenvalue weighted by Gasteiger charge is -2.24. The third kappa shape index (κ3) is 3.02. The number of anilines is 1. The summed E-state index contributed by atoms with van der Waals surface area (Å²) in [6.07, 6.45) is 4.77. The highest BCUT2D eigenvalue weighted by Gasteiger charge is 2.29. The monoisotopic (exact) mass is 259 g/mol. The number of nitrogens with one attached hydrogen (secondary N) is 1. The maximum absolute atomic E-state index is 11.0. The van der Waals surface area contributed by atoms with Crippen LogP contribution in [0.4, 0.5) is 11.4 Å². The molecule has 2 rings (SSSR count). The highest BCUT2D eigenvalue weighted by atomic mass is 16.6. The summed E-state index contributed by atoms with van der Waals surface area (Å²) in [5.74, 6) is 0. The highest BCUT2D eigenvalue weighted by Crippen LogP contribution is 2.38. The fourth-order valence-electron chi connectivity index (χ4n) is 2.62. The van der Waals surface area contributed by atoms with Gasteiger partial charge in [-0.25, -0.2) is 0 Å². The van der Waals surface area contributed by atoms with Gasteiger partial charge in [0.05, 0.1) is 16.6 Å². The Bertz CT molecular complexity index is 528. The third-order valence-electron chi connectivity index (χ3n) is 3.84. The average Bonchev–Trinajstić information content (AvgIpc) is 2.83. The van der Waals surface area contributed by atoms with Crippen molar-refractivity contribution in [1.29, 1.82) is 5.26 Å². The van der Waals surface area contributed by atoms with Gasteiger partial charge in [-0.3, -0.25) is 10.1 Å². The molecule has 1 aliphatic carbocycles. The average molecular weight is 259 g/mol. The lowest BCUT2D eigenvalue weighted by atomic mass is 9.89. The molecule has 0 saturated heterocycles. The van der Waals surface area contributed by atoms with E-state index in [2.05, 4.69) is 12.2 Å².